The molecule has 110 valence electrons. The van der Waals surface area contributed by atoms with E-state index in [-0.39, 0.29) is 17.6 Å². The minimum atomic E-state index is -0.155. The molecule has 20 heavy (non-hydrogen) atoms. The molecule has 1 aliphatic heterocycles. The van der Waals surface area contributed by atoms with Crippen molar-refractivity contribution in [2.75, 3.05) is 25.4 Å². The van der Waals surface area contributed by atoms with E-state index in [2.05, 4.69) is 10.6 Å². The summed E-state index contributed by atoms with van der Waals surface area (Å²) in [7, 11) is 0. The lowest BCUT2D eigenvalue weighted by Crippen LogP contribution is -2.41. The number of carbonyl (C=O) groups excluding carboxylic acids is 1. The molecular formula is C15H21FN2OS. The fraction of sp³-hybridized carbons (Fsp3) is 0.533. The summed E-state index contributed by atoms with van der Waals surface area (Å²) < 4.78 is 13.4. The van der Waals surface area contributed by atoms with Crippen molar-refractivity contribution in [1.82, 2.24) is 10.6 Å². The number of piperidine rings is 1. The maximum atomic E-state index is 13.4. The van der Waals surface area contributed by atoms with Gasteiger partial charge in [0.1, 0.15) is 5.82 Å². The summed E-state index contributed by atoms with van der Waals surface area (Å²) in [4.78, 5) is 11.9. The number of halogens is 1. The first-order valence-electron chi connectivity index (χ1n) is 7.07. The third-order valence-corrected chi connectivity index (χ3v) is 4.44. The molecule has 0 bridgehead atoms. The molecule has 2 N–H and O–H groups in total. The van der Waals surface area contributed by atoms with Gasteiger partial charge in [-0.1, -0.05) is 18.2 Å². The second-order valence-corrected chi connectivity index (χ2v) is 6.08. The molecule has 0 aromatic heterocycles. The number of hydrogen-bond donors (Lipinski definition) is 2. The number of thioether (sulfide) groups is 1. The molecule has 1 aromatic rings. The molecular weight excluding hydrogens is 275 g/mol. The SMILES string of the molecule is O=C(NCCSCc1ccccc1F)C1CCCNC1. The van der Waals surface area contributed by atoms with Gasteiger partial charge in [0.2, 0.25) is 5.91 Å². The minimum Gasteiger partial charge on any atom is -0.355 e. The zero-order valence-electron chi connectivity index (χ0n) is 11.5. The predicted octanol–water partition coefficient (Wildman–Crippen LogP) is 2.17. The number of hydrogen-bond acceptors (Lipinski definition) is 3. The Bertz CT molecular complexity index is 436. The van der Waals surface area contributed by atoms with Crippen LogP contribution in [0.15, 0.2) is 24.3 Å². The average Bonchev–Trinajstić information content (AvgIpc) is 2.49. The van der Waals surface area contributed by atoms with Gasteiger partial charge in [-0.15, -0.1) is 0 Å². The molecule has 1 amide bonds. The number of carbonyl (C=O) groups is 1. The standard InChI is InChI=1S/C15H21FN2OS/c16-14-6-2-1-4-13(14)11-20-9-8-18-15(19)12-5-3-7-17-10-12/h1-2,4,6,12,17H,3,5,7-11H2,(H,18,19). The summed E-state index contributed by atoms with van der Waals surface area (Å²) in [6.45, 7) is 2.45. The van der Waals surface area contributed by atoms with Gasteiger partial charge in [0, 0.05) is 24.6 Å². The molecule has 0 saturated carbocycles. The fourth-order valence-corrected chi connectivity index (χ4v) is 3.11. The Labute approximate surface area is 123 Å². The van der Waals surface area contributed by atoms with Gasteiger partial charge in [-0.3, -0.25) is 4.79 Å². The van der Waals surface area contributed by atoms with Gasteiger partial charge in [0.05, 0.1) is 5.92 Å². The summed E-state index contributed by atoms with van der Waals surface area (Å²) in [6, 6.07) is 6.82. The van der Waals surface area contributed by atoms with E-state index < -0.39 is 0 Å². The normalized spacial score (nSPS) is 18.8. The van der Waals surface area contributed by atoms with Gasteiger partial charge in [-0.2, -0.15) is 11.8 Å². The fourth-order valence-electron chi connectivity index (χ4n) is 2.26. The molecule has 0 aliphatic carbocycles. The maximum absolute atomic E-state index is 13.4. The number of benzene rings is 1. The highest BCUT2D eigenvalue weighted by Gasteiger charge is 2.19. The van der Waals surface area contributed by atoms with Crippen LogP contribution < -0.4 is 10.6 Å². The Morgan fingerprint density at radius 3 is 3.05 bits per heavy atom. The molecule has 0 spiro atoms. The number of nitrogens with one attached hydrogen (secondary N) is 2. The second-order valence-electron chi connectivity index (χ2n) is 4.98. The van der Waals surface area contributed by atoms with E-state index in [1.807, 2.05) is 6.07 Å². The third kappa shape index (κ3) is 4.80. The van der Waals surface area contributed by atoms with Gasteiger partial charge in [-0.05, 0) is 31.0 Å². The quantitative estimate of drug-likeness (QED) is 0.791. The van der Waals surface area contributed by atoms with Crippen LogP contribution in [-0.4, -0.2) is 31.3 Å². The van der Waals surface area contributed by atoms with Crippen molar-refractivity contribution in [3.05, 3.63) is 35.6 Å². The van der Waals surface area contributed by atoms with Crippen LogP contribution in [0.4, 0.5) is 4.39 Å². The van der Waals surface area contributed by atoms with E-state index in [1.165, 1.54) is 6.07 Å². The van der Waals surface area contributed by atoms with Crippen molar-refractivity contribution >= 4 is 17.7 Å². The predicted molar refractivity (Wildman–Crippen MR) is 81.2 cm³/mol. The lowest BCUT2D eigenvalue weighted by molar-refractivity contribution is -0.125. The summed E-state index contributed by atoms with van der Waals surface area (Å²) in [5.74, 6) is 1.55. The van der Waals surface area contributed by atoms with Crippen LogP contribution in [0.2, 0.25) is 0 Å². The monoisotopic (exact) mass is 296 g/mol. The van der Waals surface area contributed by atoms with Gasteiger partial charge in [-0.25, -0.2) is 4.39 Å². The van der Waals surface area contributed by atoms with Gasteiger partial charge < -0.3 is 10.6 Å². The van der Waals surface area contributed by atoms with Crippen LogP contribution >= 0.6 is 11.8 Å². The van der Waals surface area contributed by atoms with E-state index >= 15 is 0 Å². The van der Waals surface area contributed by atoms with E-state index in [0.717, 1.165) is 37.2 Å². The molecule has 5 heteroatoms. The van der Waals surface area contributed by atoms with Gasteiger partial charge in [0.15, 0.2) is 0 Å². The number of rotatable bonds is 6. The summed E-state index contributed by atoms with van der Waals surface area (Å²) in [5, 5.41) is 6.20. The van der Waals surface area contributed by atoms with Crippen molar-refractivity contribution < 1.29 is 9.18 Å². The van der Waals surface area contributed by atoms with Crippen LogP contribution in [0, 0.1) is 11.7 Å². The van der Waals surface area contributed by atoms with Crippen molar-refractivity contribution in [2.45, 2.75) is 18.6 Å². The Morgan fingerprint density at radius 1 is 1.45 bits per heavy atom. The van der Waals surface area contributed by atoms with Crippen LogP contribution in [0.25, 0.3) is 0 Å². The smallest absolute Gasteiger partial charge is 0.224 e. The Hall–Kier alpha value is -1.07. The van der Waals surface area contributed by atoms with Crippen LogP contribution in [-0.2, 0) is 10.5 Å². The lowest BCUT2D eigenvalue weighted by atomic mass is 9.99. The molecule has 1 atom stereocenters. The maximum Gasteiger partial charge on any atom is 0.224 e. The Morgan fingerprint density at radius 2 is 2.30 bits per heavy atom. The molecule has 2 rings (SSSR count). The first kappa shape index (κ1) is 15.3. The van der Waals surface area contributed by atoms with E-state index in [9.17, 15) is 9.18 Å². The third-order valence-electron chi connectivity index (χ3n) is 3.43. The highest BCUT2D eigenvalue weighted by atomic mass is 32.2. The molecule has 1 saturated heterocycles. The molecule has 1 heterocycles. The summed E-state index contributed by atoms with van der Waals surface area (Å²) in [5.41, 5.74) is 0.723. The first-order chi connectivity index (χ1) is 9.77. The highest BCUT2D eigenvalue weighted by Crippen LogP contribution is 2.15. The number of amides is 1. The van der Waals surface area contributed by atoms with E-state index in [4.69, 9.17) is 0 Å². The van der Waals surface area contributed by atoms with E-state index in [0.29, 0.717) is 12.3 Å². The first-order valence-corrected chi connectivity index (χ1v) is 8.22. The highest BCUT2D eigenvalue weighted by molar-refractivity contribution is 7.98. The van der Waals surface area contributed by atoms with Crippen molar-refractivity contribution in [3.63, 3.8) is 0 Å². The average molecular weight is 296 g/mol. The van der Waals surface area contributed by atoms with Crippen molar-refractivity contribution in [3.8, 4) is 0 Å². The summed E-state index contributed by atoms with van der Waals surface area (Å²) >= 11 is 1.64. The van der Waals surface area contributed by atoms with Crippen LogP contribution in [0.5, 0.6) is 0 Å². The minimum absolute atomic E-state index is 0.111. The molecule has 1 unspecified atom stereocenters. The molecule has 3 nitrogen and oxygen atoms in total. The molecule has 1 aliphatic rings. The molecule has 0 radical (unpaired) electrons. The van der Waals surface area contributed by atoms with Crippen LogP contribution in [0.1, 0.15) is 18.4 Å². The van der Waals surface area contributed by atoms with Gasteiger partial charge >= 0.3 is 0 Å². The zero-order chi connectivity index (χ0) is 14.2. The Kier molecular flexibility index (Phi) is 6.33. The zero-order valence-corrected chi connectivity index (χ0v) is 12.3. The second kappa shape index (κ2) is 8.27. The van der Waals surface area contributed by atoms with Crippen molar-refractivity contribution in [2.24, 2.45) is 5.92 Å². The molecule has 1 aromatic carbocycles. The van der Waals surface area contributed by atoms with Gasteiger partial charge in [0.25, 0.3) is 0 Å². The summed E-state index contributed by atoms with van der Waals surface area (Å²) in [6.07, 6.45) is 2.04. The van der Waals surface area contributed by atoms with E-state index in [1.54, 1.807) is 23.9 Å². The van der Waals surface area contributed by atoms with Crippen LogP contribution in [0.3, 0.4) is 0 Å². The molecule has 1 fully saturated rings. The lowest BCUT2D eigenvalue weighted by Gasteiger charge is -2.21. The Balaban J connectivity index is 1.59. The topological polar surface area (TPSA) is 41.1 Å². The van der Waals surface area contributed by atoms with Crippen molar-refractivity contribution in [1.29, 1.82) is 0 Å². The largest absolute Gasteiger partial charge is 0.355 e.